The Balaban J connectivity index is 0.000000286. The van der Waals surface area contributed by atoms with Crippen molar-refractivity contribution in [1.82, 2.24) is 0 Å². The zero-order valence-electron chi connectivity index (χ0n) is 10.7. The van der Waals surface area contributed by atoms with Crippen LogP contribution in [-0.4, -0.2) is 28.7 Å². The zero-order valence-corrected chi connectivity index (χ0v) is 10.7. The summed E-state index contributed by atoms with van der Waals surface area (Å²) in [5, 5.41) is 18.4. The summed E-state index contributed by atoms with van der Waals surface area (Å²) in [6.45, 7) is 0.231. The molecule has 6 N–H and O–H groups in total. The predicted molar refractivity (Wildman–Crippen MR) is 76.6 cm³/mol. The second kappa shape index (κ2) is 7.10. The van der Waals surface area contributed by atoms with Crippen LogP contribution in [0.4, 0.5) is 5.69 Å². The molecule has 0 aromatic heterocycles. The first-order valence-electron chi connectivity index (χ1n) is 5.89. The summed E-state index contributed by atoms with van der Waals surface area (Å²) in [6.07, 6.45) is 0.0694. The Labute approximate surface area is 115 Å². The molecule has 6 nitrogen and oxygen atoms in total. The Morgan fingerprint density at radius 3 is 2.30 bits per heavy atom. The highest BCUT2D eigenvalue weighted by molar-refractivity contribution is 5.99. The summed E-state index contributed by atoms with van der Waals surface area (Å²) >= 11 is 0. The molecule has 0 amide bonds. The van der Waals surface area contributed by atoms with E-state index in [4.69, 9.17) is 21.7 Å². The van der Waals surface area contributed by atoms with E-state index >= 15 is 0 Å². The molecule has 0 spiro atoms. The van der Waals surface area contributed by atoms with E-state index in [9.17, 15) is 9.59 Å². The van der Waals surface area contributed by atoms with E-state index in [-0.39, 0.29) is 18.5 Å². The minimum Gasteiger partial charge on any atom is -0.481 e. The number of hydrogen-bond donors (Lipinski definition) is 4. The van der Waals surface area contributed by atoms with Gasteiger partial charge in [0.1, 0.15) is 0 Å². The van der Waals surface area contributed by atoms with Crippen LogP contribution in [-0.2, 0) is 4.79 Å². The first-order valence-corrected chi connectivity index (χ1v) is 5.89. The van der Waals surface area contributed by atoms with Crippen LogP contribution >= 0.6 is 0 Å². The number of nitrogens with two attached hydrogens (primary N) is 2. The fourth-order valence-electron chi connectivity index (χ4n) is 1.55. The predicted octanol–water partition coefficient (Wildman–Crippen LogP) is 1.54. The average Bonchev–Trinajstić information content (AvgIpc) is 2.39. The molecule has 0 aliphatic carbocycles. The van der Waals surface area contributed by atoms with Gasteiger partial charge < -0.3 is 21.7 Å². The molecule has 6 heteroatoms. The van der Waals surface area contributed by atoms with Crippen LogP contribution in [0.5, 0.6) is 0 Å². The maximum absolute atomic E-state index is 10.7. The smallest absolute Gasteiger partial charge is 0.335 e. The highest BCUT2D eigenvalue weighted by Crippen LogP contribution is 2.21. The number of aromatic carboxylic acids is 1. The van der Waals surface area contributed by atoms with Crippen molar-refractivity contribution in [3.63, 3.8) is 0 Å². The van der Waals surface area contributed by atoms with Crippen LogP contribution in [0.1, 0.15) is 16.8 Å². The van der Waals surface area contributed by atoms with Gasteiger partial charge >= 0.3 is 11.9 Å². The van der Waals surface area contributed by atoms with E-state index in [1.807, 2.05) is 12.1 Å². The topological polar surface area (TPSA) is 127 Å². The number of hydrogen-bond acceptors (Lipinski definition) is 4. The van der Waals surface area contributed by atoms with Crippen LogP contribution < -0.4 is 11.5 Å². The van der Waals surface area contributed by atoms with E-state index in [1.165, 1.54) is 0 Å². The Hall–Kier alpha value is -2.60. The number of fused-ring (bicyclic) bond motifs is 1. The summed E-state index contributed by atoms with van der Waals surface area (Å²) in [5.74, 6) is -1.77. The molecule has 0 saturated heterocycles. The molecule has 0 saturated carbocycles. The summed E-state index contributed by atoms with van der Waals surface area (Å²) in [4.78, 5) is 20.2. The molecule has 0 unspecified atom stereocenters. The molecular weight excluding hydrogens is 260 g/mol. The number of aliphatic carboxylic acids is 1. The fraction of sp³-hybridized carbons (Fsp3) is 0.143. The standard InChI is InChI=1S/C11H9NO2.C3H7NO2/c12-10-3-1-2-7-4-5-8(11(13)14)6-9(7)10;4-2-1-3(5)6/h1-6H,12H2,(H,13,14);1-2,4H2,(H,5,6). The minimum atomic E-state index is -0.935. The molecule has 0 atom stereocenters. The fourth-order valence-corrected chi connectivity index (χ4v) is 1.55. The van der Waals surface area contributed by atoms with Crippen LogP contribution in [0.25, 0.3) is 10.8 Å². The number of rotatable bonds is 3. The molecule has 20 heavy (non-hydrogen) atoms. The second-order valence-corrected chi connectivity index (χ2v) is 4.02. The van der Waals surface area contributed by atoms with Gasteiger partial charge in [-0.25, -0.2) is 4.79 Å². The Morgan fingerprint density at radius 2 is 1.80 bits per heavy atom. The summed E-state index contributed by atoms with van der Waals surface area (Å²) < 4.78 is 0. The quantitative estimate of drug-likeness (QED) is 0.630. The van der Waals surface area contributed by atoms with E-state index < -0.39 is 11.9 Å². The first-order chi connectivity index (χ1) is 9.45. The van der Waals surface area contributed by atoms with Gasteiger partial charge in [0.25, 0.3) is 0 Å². The lowest BCUT2D eigenvalue weighted by Crippen LogP contribution is -2.05. The van der Waals surface area contributed by atoms with Crippen LogP contribution in [0.15, 0.2) is 36.4 Å². The molecule has 2 rings (SSSR count). The van der Waals surface area contributed by atoms with Crippen molar-refractivity contribution in [2.24, 2.45) is 5.73 Å². The van der Waals surface area contributed by atoms with Crippen LogP contribution in [0.2, 0.25) is 0 Å². The lowest BCUT2D eigenvalue weighted by atomic mass is 10.1. The van der Waals surface area contributed by atoms with Crippen molar-refractivity contribution in [2.45, 2.75) is 6.42 Å². The number of anilines is 1. The summed E-state index contributed by atoms with van der Waals surface area (Å²) in [6, 6.07) is 10.4. The molecular formula is C14H16N2O4. The average molecular weight is 276 g/mol. The maximum atomic E-state index is 10.7. The third kappa shape index (κ3) is 4.25. The number of carboxylic acids is 2. The molecule has 2 aromatic carbocycles. The SMILES string of the molecule is NCCC(=O)O.Nc1cccc2ccc(C(=O)O)cc12. The Morgan fingerprint density at radius 1 is 1.10 bits per heavy atom. The van der Waals surface area contributed by atoms with Gasteiger partial charge in [0, 0.05) is 17.6 Å². The van der Waals surface area contributed by atoms with Crippen LogP contribution in [0.3, 0.4) is 0 Å². The van der Waals surface area contributed by atoms with E-state index in [0.29, 0.717) is 5.69 Å². The summed E-state index contributed by atoms with van der Waals surface area (Å²) in [7, 11) is 0. The number of carbonyl (C=O) groups is 2. The minimum absolute atomic E-state index is 0.0694. The zero-order chi connectivity index (χ0) is 15.1. The molecule has 0 radical (unpaired) electrons. The van der Waals surface area contributed by atoms with Crippen molar-refractivity contribution in [3.05, 3.63) is 42.0 Å². The van der Waals surface area contributed by atoms with Gasteiger partial charge in [-0.2, -0.15) is 0 Å². The number of benzene rings is 2. The molecule has 0 fully saturated rings. The van der Waals surface area contributed by atoms with E-state index in [0.717, 1.165) is 10.8 Å². The molecule has 0 aliphatic rings. The van der Waals surface area contributed by atoms with Gasteiger partial charge in [-0.15, -0.1) is 0 Å². The largest absolute Gasteiger partial charge is 0.481 e. The molecule has 0 aliphatic heterocycles. The maximum Gasteiger partial charge on any atom is 0.335 e. The van der Waals surface area contributed by atoms with Crippen molar-refractivity contribution in [1.29, 1.82) is 0 Å². The molecule has 2 aromatic rings. The lowest BCUT2D eigenvalue weighted by molar-refractivity contribution is -0.136. The molecule has 106 valence electrons. The number of nitrogen functional groups attached to an aromatic ring is 1. The monoisotopic (exact) mass is 276 g/mol. The highest BCUT2D eigenvalue weighted by Gasteiger charge is 2.04. The van der Waals surface area contributed by atoms with Gasteiger partial charge in [-0.3, -0.25) is 4.79 Å². The van der Waals surface area contributed by atoms with Crippen molar-refractivity contribution in [3.8, 4) is 0 Å². The van der Waals surface area contributed by atoms with Gasteiger partial charge in [-0.05, 0) is 23.6 Å². The third-order valence-corrected chi connectivity index (χ3v) is 2.52. The van der Waals surface area contributed by atoms with Gasteiger partial charge in [-0.1, -0.05) is 18.2 Å². The highest BCUT2D eigenvalue weighted by atomic mass is 16.4. The molecule has 0 bridgehead atoms. The van der Waals surface area contributed by atoms with Gasteiger partial charge in [0.15, 0.2) is 0 Å². The van der Waals surface area contributed by atoms with Crippen molar-refractivity contribution in [2.75, 3.05) is 12.3 Å². The first kappa shape index (κ1) is 15.5. The Bertz CT molecular complexity index is 626. The number of carboxylic acid groups (broad SMARTS) is 2. The van der Waals surface area contributed by atoms with Crippen molar-refractivity contribution >= 4 is 28.4 Å². The van der Waals surface area contributed by atoms with E-state index in [2.05, 4.69) is 0 Å². The van der Waals surface area contributed by atoms with Crippen molar-refractivity contribution < 1.29 is 19.8 Å². The van der Waals surface area contributed by atoms with E-state index in [1.54, 1.807) is 24.3 Å². The normalized spacial score (nSPS) is 9.65. The second-order valence-electron chi connectivity index (χ2n) is 4.02. The molecule has 0 heterocycles. The third-order valence-electron chi connectivity index (χ3n) is 2.52. The lowest BCUT2D eigenvalue weighted by Gasteiger charge is -2.02. The Kier molecular flexibility index (Phi) is 5.49. The summed E-state index contributed by atoms with van der Waals surface area (Å²) in [5.41, 5.74) is 11.4. The van der Waals surface area contributed by atoms with Gasteiger partial charge in [0.05, 0.1) is 12.0 Å². The van der Waals surface area contributed by atoms with Crippen LogP contribution in [0, 0.1) is 0 Å². The van der Waals surface area contributed by atoms with Gasteiger partial charge in [0.2, 0.25) is 0 Å².